The quantitative estimate of drug-likeness (QED) is 0.449. The van der Waals surface area contributed by atoms with Crippen molar-refractivity contribution in [2.24, 2.45) is 0 Å². The number of benzene rings is 2. The van der Waals surface area contributed by atoms with E-state index in [1.54, 1.807) is 0 Å². The van der Waals surface area contributed by atoms with Gasteiger partial charge in [-0.05, 0) is 58.2 Å². The highest BCUT2D eigenvalue weighted by atomic mass is 14.9. The molecular formula is C27H40N2. The number of hydrogen-bond acceptors (Lipinski definition) is 2. The Morgan fingerprint density at radius 2 is 1.00 bits per heavy atom. The molecule has 0 aliphatic carbocycles. The first-order valence-corrected chi connectivity index (χ1v) is 11.1. The van der Waals surface area contributed by atoms with Crippen molar-refractivity contribution in [3.05, 3.63) is 70.9 Å². The second-order valence-corrected chi connectivity index (χ2v) is 9.17. The van der Waals surface area contributed by atoms with Crippen LogP contribution in [0.4, 0.5) is 11.4 Å². The third-order valence-electron chi connectivity index (χ3n) is 5.49. The zero-order valence-electron chi connectivity index (χ0n) is 19.6. The second kappa shape index (κ2) is 10.5. The van der Waals surface area contributed by atoms with Crippen LogP contribution in [0.5, 0.6) is 0 Å². The van der Waals surface area contributed by atoms with Crippen molar-refractivity contribution in [2.45, 2.75) is 79.1 Å². The SMILES string of the molecule is CC(C)c1cccc(C(C)C)c1N/C=C\CNc1c(C(C)C)cccc1C(C)C. The molecule has 2 aromatic rings. The lowest BCUT2D eigenvalue weighted by atomic mass is 9.92. The van der Waals surface area contributed by atoms with Crippen LogP contribution in [0.15, 0.2) is 48.7 Å². The molecule has 0 fully saturated rings. The van der Waals surface area contributed by atoms with E-state index in [0.717, 1.165) is 6.54 Å². The Balaban J connectivity index is 2.16. The highest BCUT2D eigenvalue weighted by Gasteiger charge is 2.14. The highest BCUT2D eigenvalue weighted by molar-refractivity contribution is 5.62. The van der Waals surface area contributed by atoms with E-state index in [2.05, 4.69) is 115 Å². The van der Waals surface area contributed by atoms with Crippen LogP contribution in [0.1, 0.15) is 101 Å². The van der Waals surface area contributed by atoms with E-state index in [0.29, 0.717) is 23.7 Å². The van der Waals surface area contributed by atoms with Gasteiger partial charge in [-0.2, -0.15) is 0 Å². The van der Waals surface area contributed by atoms with Crippen molar-refractivity contribution in [3.63, 3.8) is 0 Å². The third kappa shape index (κ3) is 5.88. The number of rotatable bonds is 9. The van der Waals surface area contributed by atoms with E-state index in [9.17, 15) is 0 Å². The first-order valence-electron chi connectivity index (χ1n) is 11.1. The Labute approximate surface area is 178 Å². The van der Waals surface area contributed by atoms with Gasteiger partial charge in [-0.25, -0.2) is 0 Å². The smallest absolute Gasteiger partial charge is 0.0450 e. The summed E-state index contributed by atoms with van der Waals surface area (Å²) >= 11 is 0. The third-order valence-corrected chi connectivity index (χ3v) is 5.49. The summed E-state index contributed by atoms with van der Waals surface area (Å²) in [6.07, 6.45) is 4.27. The molecule has 2 rings (SSSR count). The summed E-state index contributed by atoms with van der Waals surface area (Å²) in [5, 5.41) is 7.26. The lowest BCUT2D eigenvalue weighted by molar-refractivity contribution is 0.835. The van der Waals surface area contributed by atoms with Crippen LogP contribution in [0.2, 0.25) is 0 Å². The summed E-state index contributed by atoms with van der Waals surface area (Å²) in [6.45, 7) is 18.9. The number of anilines is 2. The summed E-state index contributed by atoms with van der Waals surface area (Å²) < 4.78 is 0. The molecule has 0 bridgehead atoms. The molecule has 2 heteroatoms. The minimum Gasteiger partial charge on any atom is -0.381 e. The molecule has 0 amide bonds. The van der Waals surface area contributed by atoms with Crippen LogP contribution in [0.3, 0.4) is 0 Å². The maximum absolute atomic E-state index is 3.68. The first-order chi connectivity index (χ1) is 13.7. The molecular weight excluding hydrogens is 352 g/mol. The zero-order chi connectivity index (χ0) is 21.6. The fourth-order valence-electron chi connectivity index (χ4n) is 3.84. The molecule has 29 heavy (non-hydrogen) atoms. The molecule has 0 spiro atoms. The summed E-state index contributed by atoms with van der Waals surface area (Å²) in [5.41, 5.74) is 8.10. The Bertz CT molecular complexity index is 761. The molecule has 2 N–H and O–H groups in total. The van der Waals surface area contributed by atoms with Crippen molar-refractivity contribution in [1.82, 2.24) is 0 Å². The Morgan fingerprint density at radius 1 is 0.621 bits per heavy atom. The number of nitrogens with one attached hydrogen (secondary N) is 2. The lowest BCUT2D eigenvalue weighted by Crippen LogP contribution is -2.08. The minimum atomic E-state index is 0.495. The van der Waals surface area contributed by atoms with Crippen molar-refractivity contribution < 1.29 is 0 Å². The molecule has 0 heterocycles. The predicted molar refractivity (Wildman–Crippen MR) is 130 cm³/mol. The standard InChI is InChI=1S/C27H40N2/c1-18(2)22-12-9-13-23(19(3)4)26(22)28-16-11-17-29-27-24(20(5)6)14-10-15-25(27)21(7)8/h9-16,18-21,28-29H,17H2,1-8H3/b16-11-. The van der Waals surface area contributed by atoms with Crippen molar-refractivity contribution >= 4 is 11.4 Å². The van der Waals surface area contributed by atoms with Gasteiger partial charge in [0.05, 0.1) is 0 Å². The molecule has 0 radical (unpaired) electrons. The van der Waals surface area contributed by atoms with Gasteiger partial charge in [0, 0.05) is 17.9 Å². The van der Waals surface area contributed by atoms with Crippen LogP contribution in [-0.2, 0) is 0 Å². The Hall–Kier alpha value is -2.22. The molecule has 0 saturated carbocycles. The summed E-state index contributed by atoms with van der Waals surface area (Å²) in [4.78, 5) is 0. The normalized spacial score (nSPS) is 12.0. The van der Waals surface area contributed by atoms with Gasteiger partial charge in [-0.15, -0.1) is 0 Å². The second-order valence-electron chi connectivity index (χ2n) is 9.17. The number of hydrogen-bond donors (Lipinski definition) is 2. The van der Waals surface area contributed by atoms with Crippen molar-refractivity contribution in [1.29, 1.82) is 0 Å². The highest BCUT2D eigenvalue weighted by Crippen LogP contribution is 2.33. The van der Waals surface area contributed by atoms with Gasteiger partial charge in [-0.3, -0.25) is 0 Å². The molecule has 0 aromatic heterocycles. The summed E-state index contributed by atoms with van der Waals surface area (Å²) in [7, 11) is 0. The van der Waals surface area contributed by atoms with Gasteiger partial charge in [0.25, 0.3) is 0 Å². The van der Waals surface area contributed by atoms with E-state index in [1.807, 2.05) is 0 Å². The van der Waals surface area contributed by atoms with Crippen molar-refractivity contribution in [3.8, 4) is 0 Å². The maximum atomic E-state index is 3.68. The zero-order valence-corrected chi connectivity index (χ0v) is 19.6. The van der Waals surface area contributed by atoms with E-state index in [4.69, 9.17) is 0 Å². The van der Waals surface area contributed by atoms with Crippen LogP contribution in [0, 0.1) is 0 Å². The molecule has 0 aliphatic rings. The van der Waals surface area contributed by atoms with E-state index in [-0.39, 0.29) is 0 Å². The largest absolute Gasteiger partial charge is 0.381 e. The number of para-hydroxylation sites is 2. The van der Waals surface area contributed by atoms with E-state index >= 15 is 0 Å². The van der Waals surface area contributed by atoms with Crippen LogP contribution in [0.25, 0.3) is 0 Å². The van der Waals surface area contributed by atoms with Gasteiger partial charge < -0.3 is 10.6 Å². The lowest BCUT2D eigenvalue weighted by Gasteiger charge is -2.20. The average molecular weight is 393 g/mol. The van der Waals surface area contributed by atoms with Gasteiger partial charge >= 0.3 is 0 Å². The fraction of sp³-hybridized carbons (Fsp3) is 0.481. The van der Waals surface area contributed by atoms with Gasteiger partial charge in [0.15, 0.2) is 0 Å². The van der Waals surface area contributed by atoms with E-state index < -0.39 is 0 Å². The van der Waals surface area contributed by atoms with Crippen LogP contribution < -0.4 is 10.6 Å². The molecule has 0 unspecified atom stereocenters. The summed E-state index contributed by atoms with van der Waals surface area (Å²) in [6, 6.07) is 13.3. The topological polar surface area (TPSA) is 24.1 Å². The Kier molecular flexibility index (Phi) is 8.37. The molecule has 0 saturated heterocycles. The molecule has 0 aliphatic heterocycles. The monoisotopic (exact) mass is 392 g/mol. The van der Waals surface area contributed by atoms with E-state index in [1.165, 1.54) is 33.6 Å². The average Bonchev–Trinajstić information content (AvgIpc) is 2.66. The predicted octanol–water partition coefficient (Wildman–Crippen LogP) is 8.22. The summed E-state index contributed by atoms with van der Waals surface area (Å²) in [5.74, 6) is 2.00. The maximum Gasteiger partial charge on any atom is 0.0450 e. The van der Waals surface area contributed by atoms with Crippen LogP contribution in [-0.4, -0.2) is 6.54 Å². The van der Waals surface area contributed by atoms with Gasteiger partial charge in [-0.1, -0.05) is 91.8 Å². The van der Waals surface area contributed by atoms with Gasteiger partial charge in [0.2, 0.25) is 0 Å². The molecule has 2 nitrogen and oxygen atoms in total. The molecule has 0 atom stereocenters. The fourth-order valence-corrected chi connectivity index (χ4v) is 3.84. The molecule has 158 valence electrons. The minimum absolute atomic E-state index is 0.495. The van der Waals surface area contributed by atoms with Gasteiger partial charge in [0.1, 0.15) is 0 Å². The molecule has 2 aromatic carbocycles. The Morgan fingerprint density at radius 3 is 1.38 bits per heavy atom. The first kappa shape index (κ1) is 23.1. The van der Waals surface area contributed by atoms with Crippen LogP contribution >= 0.6 is 0 Å². The van der Waals surface area contributed by atoms with Crippen molar-refractivity contribution in [2.75, 3.05) is 17.2 Å².